The number of nitrogens with zero attached hydrogens (tertiary/aromatic N) is 5. The third kappa shape index (κ3) is 2.62. The Labute approximate surface area is 146 Å². The summed E-state index contributed by atoms with van der Waals surface area (Å²) < 4.78 is 2.57. The Bertz CT molecular complexity index is 924. The molecule has 0 aromatic carbocycles. The third-order valence-corrected chi connectivity index (χ3v) is 4.52. The van der Waals surface area contributed by atoms with E-state index in [-0.39, 0.29) is 11.9 Å². The molecule has 3 aromatic rings. The van der Waals surface area contributed by atoms with Crippen molar-refractivity contribution in [3.05, 3.63) is 41.4 Å². The molecular weight excluding hydrogens is 372 g/mol. The van der Waals surface area contributed by atoms with E-state index in [1.807, 2.05) is 25.4 Å². The van der Waals surface area contributed by atoms with Gasteiger partial charge in [-0.05, 0) is 34.5 Å². The van der Waals surface area contributed by atoms with Crippen LogP contribution in [0.1, 0.15) is 6.42 Å². The summed E-state index contributed by atoms with van der Waals surface area (Å²) in [6.45, 7) is 0.671. The van der Waals surface area contributed by atoms with Crippen LogP contribution in [0, 0.1) is 0 Å². The third-order valence-electron chi connectivity index (χ3n) is 4.08. The first kappa shape index (κ1) is 15.1. The molecule has 0 radical (unpaired) electrons. The summed E-state index contributed by atoms with van der Waals surface area (Å²) in [5, 5.41) is 7.46. The molecule has 0 aliphatic carbocycles. The zero-order chi connectivity index (χ0) is 16.7. The van der Waals surface area contributed by atoms with Gasteiger partial charge in [0.2, 0.25) is 5.91 Å². The number of halogens is 1. The SMILES string of the molecule is Cn1cc(N2CCC(Nc3ccnc4cc(Br)cnc34)C2=O)cn1. The van der Waals surface area contributed by atoms with Crippen molar-refractivity contribution < 1.29 is 4.79 Å². The van der Waals surface area contributed by atoms with Crippen molar-refractivity contribution >= 4 is 44.2 Å². The lowest BCUT2D eigenvalue weighted by Gasteiger charge is -2.16. The van der Waals surface area contributed by atoms with E-state index in [1.165, 1.54) is 0 Å². The number of hydrogen-bond donors (Lipinski definition) is 1. The van der Waals surface area contributed by atoms with Crippen LogP contribution in [0.25, 0.3) is 11.0 Å². The molecule has 0 bridgehead atoms. The van der Waals surface area contributed by atoms with E-state index in [2.05, 4.69) is 36.3 Å². The van der Waals surface area contributed by atoms with Gasteiger partial charge in [0.25, 0.3) is 0 Å². The van der Waals surface area contributed by atoms with Crippen LogP contribution in [-0.4, -0.2) is 38.2 Å². The Kier molecular flexibility index (Phi) is 3.68. The monoisotopic (exact) mass is 386 g/mol. The van der Waals surface area contributed by atoms with E-state index in [1.54, 1.807) is 28.2 Å². The van der Waals surface area contributed by atoms with Gasteiger partial charge in [-0.1, -0.05) is 0 Å². The maximum absolute atomic E-state index is 12.7. The Morgan fingerprint density at radius 2 is 2.21 bits per heavy atom. The second-order valence-corrected chi connectivity index (χ2v) is 6.64. The molecule has 24 heavy (non-hydrogen) atoms. The van der Waals surface area contributed by atoms with Gasteiger partial charge in [-0.15, -0.1) is 0 Å². The molecule has 1 fully saturated rings. The Morgan fingerprint density at radius 1 is 1.33 bits per heavy atom. The summed E-state index contributed by atoms with van der Waals surface area (Å²) in [6.07, 6.45) is 7.74. The van der Waals surface area contributed by atoms with Gasteiger partial charge in [0.15, 0.2) is 0 Å². The number of carbonyl (C=O) groups excluding carboxylic acids is 1. The molecule has 1 aliphatic heterocycles. The first-order valence-corrected chi connectivity index (χ1v) is 8.38. The van der Waals surface area contributed by atoms with E-state index in [9.17, 15) is 4.79 Å². The summed E-state index contributed by atoms with van der Waals surface area (Å²) in [6, 6.07) is 3.48. The van der Waals surface area contributed by atoms with Gasteiger partial charge in [-0.25, -0.2) is 0 Å². The van der Waals surface area contributed by atoms with Gasteiger partial charge in [0.1, 0.15) is 11.6 Å². The number of amides is 1. The minimum atomic E-state index is -0.277. The lowest BCUT2D eigenvalue weighted by Crippen LogP contribution is -2.33. The summed E-state index contributed by atoms with van der Waals surface area (Å²) in [4.78, 5) is 23.2. The molecule has 1 saturated heterocycles. The topological polar surface area (TPSA) is 75.9 Å². The number of anilines is 2. The first-order chi connectivity index (χ1) is 11.6. The van der Waals surface area contributed by atoms with Crippen LogP contribution in [0.3, 0.4) is 0 Å². The molecule has 7 nitrogen and oxygen atoms in total. The molecule has 0 saturated carbocycles. The number of pyridine rings is 2. The van der Waals surface area contributed by atoms with Gasteiger partial charge in [0.05, 0.1) is 23.1 Å². The van der Waals surface area contributed by atoms with E-state index < -0.39 is 0 Å². The Hall–Kier alpha value is -2.48. The van der Waals surface area contributed by atoms with Crippen molar-refractivity contribution in [2.24, 2.45) is 7.05 Å². The minimum absolute atomic E-state index is 0.0464. The second-order valence-electron chi connectivity index (χ2n) is 5.73. The van der Waals surface area contributed by atoms with E-state index in [4.69, 9.17) is 0 Å². The molecule has 1 unspecified atom stereocenters. The quantitative estimate of drug-likeness (QED) is 0.747. The van der Waals surface area contributed by atoms with E-state index >= 15 is 0 Å². The lowest BCUT2D eigenvalue weighted by molar-refractivity contribution is -0.117. The summed E-state index contributed by atoms with van der Waals surface area (Å²) in [7, 11) is 1.84. The Morgan fingerprint density at radius 3 is 3.00 bits per heavy atom. The molecule has 3 aromatic heterocycles. The number of rotatable bonds is 3. The Balaban J connectivity index is 1.59. The first-order valence-electron chi connectivity index (χ1n) is 7.58. The number of nitrogens with one attached hydrogen (secondary N) is 1. The van der Waals surface area contributed by atoms with Crippen LogP contribution in [0.5, 0.6) is 0 Å². The molecule has 4 rings (SSSR count). The minimum Gasteiger partial charge on any atom is -0.372 e. The largest absolute Gasteiger partial charge is 0.372 e. The molecule has 0 spiro atoms. The fraction of sp³-hybridized carbons (Fsp3) is 0.250. The van der Waals surface area contributed by atoms with Crippen molar-refractivity contribution in [3.63, 3.8) is 0 Å². The highest BCUT2D eigenvalue weighted by Gasteiger charge is 2.33. The van der Waals surface area contributed by atoms with Crippen LogP contribution in [0.2, 0.25) is 0 Å². The van der Waals surface area contributed by atoms with E-state index in [0.29, 0.717) is 6.54 Å². The van der Waals surface area contributed by atoms with Crippen LogP contribution in [0.15, 0.2) is 41.4 Å². The number of aryl methyl sites for hydroxylation is 1. The lowest BCUT2D eigenvalue weighted by atomic mass is 10.2. The predicted octanol–water partition coefficient (Wildman–Crippen LogP) is 2.34. The van der Waals surface area contributed by atoms with Gasteiger partial charge in [-0.3, -0.25) is 19.4 Å². The predicted molar refractivity (Wildman–Crippen MR) is 94.8 cm³/mol. The van der Waals surface area contributed by atoms with Crippen LogP contribution in [0.4, 0.5) is 11.4 Å². The second kappa shape index (κ2) is 5.86. The standard InChI is InChI=1S/C16H15BrN6O/c1-22-9-11(8-20-22)23-5-3-13(16(23)24)21-12-2-4-18-14-6-10(17)7-19-15(12)14/h2,4,6-9,13H,3,5H2,1H3,(H,18,21). The van der Waals surface area contributed by atoms with Crippen molar-refractivity contribution in [1.82, 2.24) is 19.7 Å². The molecule has 4 heterocycles. The van der Waals surface area contributed by atoms with Crippen LogP contribution in [-0.2, 0) is 11.8 Å². The summed E-state index contributed by atoms with van der Waals surface area (Å²) in [5.41, 5.74) is 3.18. The molecule has 1 atom stereocenters. The highest BCUT2D eigenvalue weighted by molar-refractivity contribution is 9.10. The number of aromatic nitrogens is 4. The average Bonchev–Trinajstić information content (AvgIpc) is 3.14. The smallest absolute Gasteiger partial charge is 0.249 e. The maximum atomic E-state index is 12.7. The van der Waals surface area contributed by atoms with Gasteiger partial charge in [0, 0.05) is 36.7 Å². The van der Waals surface area contributed by atoms with Gasteiger partial charge >= 0.3 is 0 Å². The van der Waals surface area contributed by atoms with Crippen LogP contribution < -0.4 is 10.2 Å². The zero-order valence-corrected chi connectivity index (χ0v) is 14.6. The van der Waals surface area contributed by atoms with Crippen molar-refractivity contribution in [3.8, 4) is 0 Å². The fourth-order valence-corrected chi connectivity index (χ4v) is 3.25. The van der Waals surface area contributed by atoms with Crippen molar-refractivity contribution in [2.45, 2.75) is 12.5 Å². The normalized spacial score (nSPS) is 17.7. The molecule has 122 valence electrons. The van der Waals surface area contributed by atoms with Crippen molar-refractivity contribution in [2.75, 3.05) is 16.8 Å². The number of fused-ring (bicyclic) bond motifs is 1. The summed E-state index contributed by atoms with van der Waals surface area (Å²) >= 11 is 3.40. The summed E-state index contributed by atoms with van der Waals surface area (Å²) in [5.74, 6) is 0.0464. The van der Waals surface area contributed by atoms with Crippen molar-refractivity contribution in [1.29, 1.82) is 0 Å². The fourth-order valence-electron chi connectivity index (χ4n) is 2.93. The molecule has 8 heteroatoms. The van der Waals surface area contributed by atoms with Gasteiger partial charge in [-0.2, -0.15) is 5.10 Å². The molecular formula is C16H15BrN6O. The molecule has 1 aliphatic rings. The number of carbonyl (C=O) groups is 1. The molecule has 1 N–H and O–H groups in total. The highest BCUT2D eigenvalue weighted by Crippen LogP contribution is 2.26. The van der Waals surface area contributed by atoms with Crippen LogP contribution >= 0.6 is 15.9 Å². The average molecular weight is 387 g/mol. The van der Waals surface area contributed by atoms with E-state index in [0.717, 1.165) is 33.3 Å². The zero-order valence-electron chi connectivity index (χ0n) is 13.0. The number of hydrogen-bond acceptors (Lipinski definition) is 5. The van der Waals surface area contributed by atoms with Gasteiger partial charge < -0.3 is 10.2 Å². The molecule has 1 amide bonds. The highest BCUT2D eigenvalue weighted by atomic mass is 79.9. The maximum Gasteiger partial charge on any atom is 0.249 e.